The molecule has 2 aromatic carbocycles. The van der Waals surface area contributed by atoms with E-state index in [9.17, 15) is 0 Å². The van der Waals surface area contributed by atoms with Gasteiger partial charge in [-0.25, -0.2) is 0 Å². The third-order valence-electron chi connectivity index (χ3n) is 3.00. The minimum Gasteiger partial charge on any atom is -0.0886 e. The van der Waals surface area contributed by atoms with Crippen LogP contribution in [0.3, 0.4) is 0 Å². The summed E-state index contributed by atoms with van der Waals surface area (Å²) in [5.41, 5.74) is 7.16. The van der Waals surface area contributed by atoms with Crippen molar-refractivity contribution in [1.29, 1.82) is 0 Å². The smallest absolute Gasteiger partial charge is 0.0886 e. The van der Waals surface area contributed by atoms with Gasteiger partial charge in [-0.2, -0.15) is 0 Å². The summed E-state index contributed by atoms with van der Waals surface area (Å²) in [6.07, 6.45) is 1.10. The molecule has 0 spiro atoms. The van der Waals surface area contributed by atoms with Gasteiger partial charge in [0, 0.05) is 3.57 Å². The van der Waals surface area contributed by atoms with E-state index in [0.717, 1.165) is 6.42 Å². The molecule has 0 saturated carbocycles. The lowest BCUT2D eigenvalue weighted by atomic mass is 9.92. The van der Waals surface area contributed by atoms with E-state index < -0.39 is 0 Å². The van der Waals surface area contributed by atoms with Gasteiger partial charge in [0.2, 0.25) is 0 Å². The zero-order valence-electron chi connectivity index (χ0n) is 8.55. The van der Waals surface area contributed by atoms with Crippen LogP contribution in [0.25, 0.3) is 11.1 Å². The van der Waals surface area contributed by atoms with E-state index in [1.807, 2.05) is 0 Å². The van der Waals surface area contributed by atoms with Gasteiger partial charge < -0.3 is 0 Å². The van der Waals surface area contributed by atoms with Crippen molar-refractivity contribution in [3.63, 3.8) is 0 Å². The number of halogens is 1. The molecule has 72 valence electrons. The van der Waals surface area contributed by atoms with E-state index in [0.29, 0.717) is 0 Å². The minimum atomic E-state index is 1.10. The average Bonchev–Trinajstić information content (AvgIpc) is 2.53. The molecule has 15 heavy (non-hydrogen) atoms. The molecule has 0 bridgehead atoms. The van der Waals surface area contributed by atoms with Crippen LogP contribution in [0.1, 0.15) is 11.1 Å². The molecular formula is C13H10BI. The fraction of sp³-hybridized carbons (Fsp3) is 0.0769. The van der Waals surface area contributed by atoms with Gasteiger partial charge in [-0.3, -0.25) is 0 Å². The lowest BCUT2D eigenvalue weighted by Gasteiger charge is -2.01. The summed E-state index contributed by atoms with van der Waals surface area (Å²) in [5.74, 6) is 0. The van der Waals surface area contributed by atoms with Crippen molar-refractivity contribution in [2.24, 2.45) is 0 Å². The van der Waals surface area contributed by atoms with E-state index in [-0.39, 0.29) is 0 Å². The van der Waals surface area contributed by atoms with Gasteiger partial charge in [-0.15, -0.1) is 0 Å². The standard InChI is InChI=1S/C13H10BI/c14-10-1-3-12-8(6-10)5-9-7-11(15)2-4-13(9)12/h1-4,6-7H,5,14H2. The Balaban J connectivity index is 2.24. The number of fused-ring (bicyclic) bond motifs is 3. The average molecular weight is 304 g/mol. The van der Waals surface area contributed by atoms with Crippen molar-refractivity contribution in [2.45, 2.75) is 6.42 Å². The van der Waals surface area contributed by atoms with Gasteiger partial charge >= 0.3 is 0 Å². The Kier molecular flexibility index (Phi) is 2.13. The molecule has 0 saturated heterocycles. The molecule has 0 amide bonds. The lowest BCUT2D eigenvalue weighted by Crippen LogP contribution is -2.01. The molecule has 2 heteroatoms. The van der Waals surface area contributed by atoms with Crippen LogP contribution in [0, 0.1) is 3.57 Å². The summed E-state index contributed by atoms with van der Waals surface area (Å²) >= 11 is 2.38. The van der Waals surface area contributed by atoms with Crippen LogP contribution in [0.4, 0.5) is 0 Å². The van der Waals surface area contributed by atoms with Crippen molar-refractivity contribution in [1.82, 2.24) is 0 Å². The second-order valence-corrected chi connectivity index (χ2v) is 5.38. The van der Waals surface area contributed by atoms with E-state index >= 15 is 0 Å². The predicted molar refractivity (Wildman–Crippen MR) is 75.6 cm³/mol. The summed E-state index contributed by atoms with van der Waals surface area (Å²) in [6, 6.07) is 13.5. The number of hydrogen-bond acceptors (Lipinski definition) is 0. The maximum Gasteiger partial charge on any atom is 0.139 e. The highest BCUT2D eigenvalue weighted by Gasteiger charge is 2.17. The first kappa shape index (κ1) is 9.46. The summed E-state index contributed by atoms with van der Waals surface area (Å²) in [5, 5.41) is 0. The van der Waals surface area contributed by atoms with Crippen LogP contribution in [0.2, 0.25) is 0 Å². The molecule has 0 heterocycles. The van der Waals surface area contributed by atoms with E-state index in [1.54, 1.807) is 0 Å². The largest absolute Gasteiger partial charge is 0.139 e. The molecular weight excluding hydrogens is 294 g/mol. The number of benzene rings is 2. The SMILES string of the molecule is Bc1ccc2c(c1)Cc1cc(I)ccc1-2. The Bertz CT molecular complexity index is 497. The molecule has 0 radical (unpaired) electrons. The van der Waals surface area contributed by atoms with Gasteiger partial charge in [-0.1, -0.05) is 29.7 Å². The first-order valence-electron chi connectivity index (χ1n) is 5.12. The maximum atomic E-state index is 2.38. The Morgan fingerprint density at radius 3 is 2.40 bits per heavy atom. The first-order valence-corrected chi connectivity index (χ1v) is 6.20. The highest BCUT2D eigenvalue weighted by atomic mass is 127. The molecule has 0 fully saturated rings. The van der Waals surface area contributed by atoms with Crippen molar-refractivity contribution in [2.75, 3.05) is 0 Å². The highest BCUT2D eigenvalue weighted by Crippen LogP contribution is 2.36. The highest BCUT2D eigenvalue weighted by molar-refractivity contribution is 14.1. The van der Waals surface area contributed by atoms with Gasteiger partial charge in [0.25, 0.3) is 0 Å². The lowest BCUT2D eigenvalue weighted by molar-refractivity contribution is 1.26. The summed E-state index contributed by atoms with van der Waals surface area (Å²) < 4.78 is 1.33. The van der Waals surface area contributed by atoms with Crippen LogP contribution >= 0.6 is 22.6 Å². The molecule has 0 aromatic heterocycles. The fourth-order valence-electron chi connectivity index (χ4n) is 2.31. The van der Waals surface area contributed by atoms with E-state index in [1.165, 1.54) is 31.3 Å². The van der Waals surface area contributed by atoms with Crippen molar-refractivity contribution in [3.05, 3.63) is 51.1 Å². The molecule has 3 rings (SSSR count). The second-order valence-electron chi connectivity index (χ2n) is 4.14. The molecule has 0 aliphatic heterocycles. The fourth-order valence-corrected chi connectivity index (χ4v) is 2.86. The molecule has 1 aliphatic rings. The Morgan fingerprint density at radius 1 is 0.933 bits per heavy atom. The topological polar surface area (TPSA) is 0 Å². The van der Waals surface area contributed by atoms with Crippen molar-refractivity contribution in [3.8, 4) is 11.1 Å². The maximum absolute atomic E-state index is 2.38. The van der Waals surface area contributed by atoms with Gasteiger partial charge in [0.15, 0.2) is 0 Å². The second kappa shape index (κ2) is 3.37. The van der Waals surface area contributed by atoms with Crippen LogP contribution in [0.5, 0.6) is 0 Å². The van der Waals surface area contributed by atoms with Crippen LogP contribution in [0.15, 0.2) is 36.4 Å². The normalized spacial score (nSPS) is 12.3. The van der Waals surface area contributed by atoms with Crippen LogP contribution in [-0.4, -0.2) is 7.85 Å². The number of rotatable bonds is 0. The molecule has 1 aliphatic carbocycles. The Hall–Kier alpha value is -0.765. The Labute approximate surface area is 104 Å². The van der Waals surface area contributed by atoms with Crippen molar-refractivity contribution >= 4 is 35.9 Å². The summed E-state index contributed by atoms with van der Waals surface area (Å²) in [6.45, 7) is 0. The van der Waals surface area contributed by atoms with E-state index in [4.69, 9.17) is 0 Å². The number of hydrogen-bond donors (Lipinski definition) is 0. The Morgan fingerprint density at radius 2 is 1.60 bits per heavy atom. The summed E-state index contributed by atoms with van der Waals surface area (Å²) in [7, 11) is 2.16. The predicted octanol–water partition coefficient (Wildman–Crippen LogP) is 2.12. The van der Waals surface area contributed by atoms with Gasteiger partial charge in [0.05, 0.1) is 0 Å². The molecule has 0 unspecified atom stereocenters. The van der Waals surface area contributed by atoms with Gasteiger partial charge in [-0.05, 0) is 63.4 Å². The molecule has 0 nitrogen and oxygen atoms in total. The zero-order valence-corrected chi connectivity index (χ0v) is 10.7. The molecule has 0 atom stereocenters. The summed E-state index contributed by atoms with van der Waals surface area (Å²) in [4.78, 5) is 0. The van der Waals surface area contributed by atoms with Crippen LogP contribution in [-0.2, 0) is 6.42 Å². The first-order chi connectivity index (χ1) is 7.24. The zero-order chi connectivity index (χ0) is 10.4. The van der Waals surface area contributed by atoms with Gasteiger partial charge in [0.1, 0.15) is 7.85 Å². The molecule has 0 N–H and O–H groups in total. The minimum absolute atomic E-state index is 1.10. The monoisotopic (exact) mass is 304 g/mol. The van der Waals surface area contributed by atoms with Crippen molar-refractivity contribution < 1.29 is 0 Å². The van der Waals surface area contributed by atoms with Crippen LogP contribution < -0.4 is 5.46 Å². The quantitative estimate of drug-likeness (QED) is 0.441. The third kappa shape index (κ3) is 1.51. The molecule has 2 aromatic rings. The van der Waals surface area contributed by atoms with E-state index in [2.05, 4.69) is 66.8 Å². The third-order valence-corrected chi connectivity index (χ3v) is 3.67.